The zero-order valence-electron chi connectivity index (χ0n) is 19.9. The van der Waals surface area contributed by atoms with Crippen LogP contribution in [0.1, 0.15) is 0 Å². The number of carbonyl (C=O) groups excluding carboxylic acids is 1. The number of H-pyrrole nitrogens is 1. The van der Waals surface area contributed by atoms with Gasteiger partial charge in [0.15, 0.2) is 0 Å². The Morgan fingerprint density at radius 3 is 2.67 bits per heavy atom. The predicted molar refractivity (Wildman–Crippen MR) is 144 cm³/mol. The van der Waals surface area contributed by atoms with Crippen LogP contribution in [0.2, 0.25) is 0 Å². The van der Waals surface area contributed by atoms with E-state index in [1.165, 1.54) is 11.8 Å². The van der Waals surface area contributed by atoms with Crippen LogP contribution in [-0.4, -0.2) is 70.2 Å². The van der Waals surface area contributed by atoms with Crippen LogP contribution in [0.3, 0.4) is 0 Å². The molecule has 0 aliphatic carbocycles. The van der Waals surface area contributed by atoms with Crippen molar-refractivity contribution in [3.63, 3.8) is 0 Å². The fourth-order valence-corrected chi connectivity index (χ4v) is 4.40. The molecule has 0 bridgehead atoms. The summed E-state index contributed by atoms with van der Waals surface area (Å²) in [6.07, 6.45) is 4.90. The highest BCUT2D eigenvalue weighted by atomic mass is 16.3. The summed E-state index contributed by atoms with van der Waals surface area (Å²) in [5, 5.41) is 15.2. The first-order chi connectivity index (χ1) is 17.6. The lowest BCUT2D eigenvalue weighted by Crippen LogP contribution is -2.47. The molecule has 184 valence electrons. The molecule has 4 aromatic rings. The average Bonchev–Trinajstić information content (AvgIpc) is 3.33. The van der Waals surface area contributed by atoms with E-state index < -0.39 is 0 Å². The van der Waals surface area contributed by atoms with Gasteiger partial charge in [0, 0.05) is 61.5 Å². The Bertz CT molecular complexity index is 1360. The number of amides is 1. The van der Waals surface area contributed by atoms with E-state index in [1.54, 1.807) is 6.20 Å². The van der Waals surface area contributed by atoms with Gasteiger partial charge in [0.1, 0.15) is 5.52 Å². The Morgan fingerprint density at radius 1 is 1.11 bits per heavy atom. The Balaban J connectivity index is 1.31. The second-order valence-electron chi connectivity index (χ2n) is 8.66. The third-order valence-corrected chi connectivity index (χ3v) is 6.32. The van der Waals surface area contributed by atoms with Gasteiger partial charge in [0.2, 0.25) is 11.9 Å². The van der Waals surface area contributed by atoms with E-state index in [0.717, 1.165) is 60.6 Å². The number of β-amino-alcohol motifs (C(OH)–C–C–N with tert-alkyl or cyclic N) is 1. The lowest BCUT2D eigenvalue weighted by atomic mass is 10.1. The zero-order valence-corrected chi connectivity index (χ0v) is 19.9. The van der Waals surface area contributed by atoms with Crippen molar-refractivity contribution in [2.45, 2.75) is 0 Å². The topological polar surface area (TPSA) is 109 Å². The second kappa shape index (κ2) is 10.6. The number of aromatic amines is 1. The van der Waals surface area contributed by atoms with Crippen molar-refractivity contribution in [3.8, 4) is 11.1 Å². The molecule has 5 rings (SSSR count). The van der Waals surface area contributed by atoms with E-state index in [2.05, 4.69) is 49.1 Å². The summed E-state index contributed by atoms with van der Waals surface area (Å²) < 4.78 is 0. The van der Waals surface area contributed by atoms with Crippen molar-refractivity contribution in [2.75, 3.05) is 54.9 Å². The highest BCUT2D eigenvalue weighted by Gasteiger charge is 2.17. The molecule has 0 radical (unpaired) electrons. The summed E-state index contributed by atoms with van der Waals surface area (Å²) in [4.78, 5) is 28.8. The van der Waals surface area contributed by atoms with Crippen LogP contribution < -0.4 is 15.5 Å². The number of benzene rings is 2. The molecule has 1 fully saturated rings. The average molecular weight is 484 g/mol. The first kappa shape index (κ1) is 23.5. The summed E-state index contributed by atoms with van der Waals surface area (Å²) in [6, 6.07) is 15.9. The molecule has 9 heteroatoms. The molecule has 2 aromatic carbocycles. The minimum absolute atomic E-state index is 0.207. The van der Waals surface area contributed by atoms with Crippen LogP contribution in [0.15, 0.2) is 73.6 Å². The van der Waals surface area contributed by atoms with Crippen molar-refractivity contribution in [3.05, 3.63) is 73.6 Å². The van der Waals surface area contributed by atoms with Gasteiger partial charge in [-0.15, -0.1) is 0 Å². The first-order valence-electron chi connectivity index (χ1n) is 12.0. The van der Waals surface area contributed by atoms with Gasteiger partial charge >= 0.3 is 0 Å². The van der Waals surface area contributed by atoms with Gasteiger partial charge in [-0.25, -0.2) is 9.97 Å². The maximum atomic E-state index is 11.7. The van der Waals surface area contributed by atoms with E-state index in [9.17, 15) is 4.79 Å². The lowest BCUT2D eigenvalue weighted by molar-refractivity contribution is -0.111. The Kier molecular flexibility index (Phi) is 6.92. The molecule has 0 unspecified atom stereocenters. The van der Waals surface area contributed by atoms with E-state index >= 15 is 0 Å². The molecule has 3 heterocycles. The number of rotatable bonds is 8. The molecule has 1 aliphatic heterocycles. The number of aromatic nitrogens is 3. The number of nitrogens with zero attached hydrogens (tertiary/aromatic N) is 4. The third-order valence-electron chi connectivity index (χ3n) is 6.32. The Morgan fingerprint density at radius 2 is 1.92 bits per heavy atom. The van der Waals surface area contributed by atoms with Crippen molar-refractivity contribution in [1.82, 2.24) is 19.9 Å². The van der Waals surface area contributed by atoms with Gasteiger partial charge in [-0.05, 0) is 48.0 Å². The largest absolute Gasteiger partial charge is 0.395 e. The summed E-state index contributed by atoms with van der Waals surface area (Å²) >= 11 is 0. The second-order valence-corrected chi connectivity index (χ2v) is 8.66. The number of anilines is 4. The van der Waals surface area contributed by atoms with Gasteiger partial charge in [-0.2, -0.15) is 0 Å². The zero-order chi connectivity index (χ0) is 24.9. The molecule has 0 atom stereocenters. The fourth-order valence-electron chi connectivity index (χ4n) is 4.40. The maximum absolute atomic E-state index is 11.7. The van der Waals surface area contributed by atoms with Crippen LogP contribution in [-0.2, 0) is 4.79 Å². The number of carbonyl (C=O) groups is 1. The van der Waals surface area contributed by atoms with Crippen molar-refractivity contribution in [2.24, 2.45) is 0 Å². The van der Waals surface area contributed by atoms with E-state index in [-0.39, 0.29) is 12.5 Å². The van der Waals surface area contributed by atoms with Crippen LogP contribution in [0.4, 0.5) is 23.0 Å². The van der Waals surface area contributed by atoms with Crippen LogP contribution in [0.25, 0.3) is 22.2 Å². The van der Waals surface area contributed by atoms with Gasteiger partial charge in [0.25, 0.3) is 0 Å². The van der Waals surface area contributed by atoms with Crippen molar-refractivity contribution < 1.29 is 9.90 Å². The number of fused-ring (bicyclic) bond motifs is 1. The molecule has 9 nitrogen and oxygen atoms in total. The molecular formula is C27H29N7O2. The monoisotopic (exact) mass is 483 g/mol. The van der Waals surface area contributed by atoms with E-state index in [0.29, 0.717) is 11.6 Å². The molecule has 0 spiro atoms. The quantitative estimate of drug-likeness (QED) is 0.284. The Hall–Kier alpha value is -4.21. The number of piperazine rings is 1. The third kappa shape index (κ3) is 5.22. The summed E-state index contributed by atoms with van der Waals surface area (Å²) in [7, 11) is 0. The van der Waals surface area contributed by atoms with Gasteiger partial charge < -0.3 is 25.6 Å². The fraction of sp³-hybridized carbons (Fsp3) is 0.222. The summed E-state index contributed by atoms with van der Waals surface area (Å²) in [6.45, 7) is 8.25. The predicted octanol–water partition coefficient (Wildman–Crippen LogP) is 3.61. The molecule has 1 saturated heterocycles. The molecule has 36 heavy (non-hydrogen) atoms. The number of aliphatic hydroxyl groups is 1. The van der Waals surface area contributed by atoms with Gasteiger partial charge in [-0.3, -0.25) is 9.69 Å². The molecule has 4 N–H and O–H groups in total. The smallest absolute Gasteiger partial charge is 0.247 e. The Labute approximate surface area is 209 Å². The molecule has 2 aromatic heterocycles. The number of nitrogens with one attached hydrogen (secondary N) is 3. The number of hydrogen-bond acceptors (Lipinski definition) is 7. The van der Waals surface area contributed by atoms with Crippen LogP contribution >= 0.6 is 0 Å². The summed E-state index contributed by atoms with van der Waals surface area (Å²) in [5.74, 6) is 0.250. The first-order valence-corrected chi connectivity index (χ1v) is 12.0. The molecule has 1 amide bonds. The minimum atomic E-state index is -0.255. The lowest BCUT2D eigenvalue weighted by Gasteiger charge is -2.35. The van der Waals surface area contributed by atoms with Gasteiger partial charge in [-0.1, -0.05) is 18.7 Å². The normalized spacial score (nSPS) is 14.1. The molecular weight excluding hydrogens is 454 g/mol. The van der Waals surface area contributed by atoms with Crippen molar-refractivity contribution >= 4 is 40.0 Å². The highest BCUT2D eigenvalue weighted by molar-refractivity contribution is 6.00. The SMILES string of the molecule is C=CC(=O)Nc1cccc(-c2c[nH]c3cnc(Nc4ccc(N5CCN(CCO)CC5)cc4)nc23)c1. The van der Waals surface area contributed by atoms with Gasteiger partial charge in [0.05, 0.1) is 18.3 Å². The number of hydrogen-bond donors (Lipinski definition) is 4. The van der Waals surface area contributed by atoms with Crippen molar-refractivity contribution in [1.29, 1.82) is 0 Å². The van der Waals surface area contributed by atoms with Crippen LogP contribution in [0.5, 0.6) is 0 Å². The van der Waals surface area contributed by atoms with E-state index in [1.807, 2.05) is 42.6 Å². The van der Waals surface area contributed by atoms with E-state index in [4.69, 9.17) is 10.1 Å². The van der Waals surface area contributed by atoms with Crippen LogP contribution in [0, 0.1) is 0 Å². The minimum Gasteiger partial charge on any atom is -0.395 e. The summed E-state index contributed by atoms with van der Waals surface area (Å²) in [5.41, 5.74) is 6.23. The molecule has 1 aliphatic rings. The highest BCUT2D eigenvalue weighted by Crippen LogP contribution is 2.30. The maximum Gasteiger partial charge on any atom is 0.247 e. The standard InChI is InChI=1S/C27H29N7O2/c1-2-25(36)30-21-5-3-4-19(16-21)23-17-28-24-18-29-27(32-26(23)24)31-20-6-8-22(9-7-20)34-12-10-33(11-13-34)14-15-35/h2-9,16-18,28,35H,1,10-15H2,(H,30,36)(H,29,31,32). The number of aliphatic hydroxyl groups excluding tert-OH is 1. The molecule has 0 saturated carbocycles.